The van der Waals surface area contributed by atoms with Crippen LogP contribution < -0.4 is 0 Å². The highest BCUT2D eigenvalue weighted by atomic mass is 19.1. The molecular weight excluding hydrogens is 205 g/mol. The molecule has 0 saturated heterocycles. The number of benzene rings is 1. The molecule has 0 spiro atoms. The van der Waals surface area contributed by atoms with E-state index in [0.717, 1.165) is 18.4 Å². The van der Waals surface area contributed by atoms with Gasteiger partial charge in [0.1, 0.15) is 5.82 Å². The van der Waals surface area contributed by atoms with E-state index >= 15 is 0 Å². The summed E-state index contributed by atoms with van der Waals surface area (Å²) in [5.41, 5.74) is 0.995. The summed E-state index contributed by atoms with van der Waals surface area (Å²) < 4.78 is 12.7. The van der Waals surface area contributed by atoms with Crippen molar-refractivity contribution in [3.8, 4) is 0 Å². The molecule has 0 atom stereocenters. The van der Waals surface area contributed by atoms with Crippen LogP contribution in [0.1, 0.15) is 31.7 Å². The van der Waals surface area contributed by atoms with Gasteiger partial charge in [-0.2, -0.15) is 0 Å². The zero-order chi connectivity index (χ0) is 11.5. The van der Waals surface area contributed by atoms with E-state index in [0.29, 0.717) is 19.0 Å². The molecule has 0 heterocycles. The summed E-state index contributed by atoms with van der Waals surface area (Å²) in [5, 5.41) is 0. The van der Waals surface area contributed by atoms with Gasteiger partial charge in [-0.1, -0.05) is 19.1 Å². The highest BCUT2D eigenvalue weighted by molar-refractivity contribution is 5.76. The molecule has 1 saturated carbocycles. The van der Waals surface area contributed by atoms with E-state index in [1.165, 1.54) is 12.1 Å². The molecule has 0 bridgehead atoms. The predicted molar refractivity (Wildman–Crippen MR) is 60.3 cm³/mol. The highest BCUT2D eigenvalue weighted by Gasteiger charge is 2.31. The molecule has 1 aliphatic carbocycles. The largest absolute Gasteiger partial charge is 0.335 e. The Morgan fingerprint density at radius 1 is 1.38 bits per heavy atom. The van der Waals surface area contributed by atoms with Gasteiger partial charge in [0.2, 0.25) is 5.91 Å². The van der Waals surface area contributed by atoms with Gasteiger partial charge in [-0.3, -0.25) is 4.79 Å². The second-order valence-electron chi connectivity index (χ2n) is 4.23. The maximum atomic E-state index is 12.7. The van der Waals surface area contributed by atoms with Gasteiger partial charge >= 0.3 is 0 Å². The standard InChI is InChI=1S/C13H16FNO/c1-2-13(16)15(12-7-8-12)9-10-3-5-11(14)6-4-10/h3-6,12H,2,7-9H2,1H3. The van der Waals surface area contributed by atoms with Gasteiger partial charge in [0, 0.05) is 19.0 Å². The van der Waals surface area contributed by atoms with Gasteiger partial charge in [-0.25, -0.2) is 4.39 Å². The van der Waals surface area contributed by atoms with E-state index in [4.69, 9.17) is 0 Å². The molecular formula is C13H16FNO. The van der Waals surface area contributed by atoms with E-state index in [1.807, 2.05) is 11.8 Å². The van der Waals surface area contributed by atoms with Crippen molar-refractivity contribution < 1.29 is 9.18 Å². The second kappa shape index (κ2) is 4.64. The minimum atomic E-state index is -0.233. The van der Waals surface area contributed by atoms with Crippen LogP contribution in [-0.4, -0.2) is 16.8 Å². The third kappa shape index (κ3) is 2.60. The zero-order valence-corrected chi connectivity index (χ0v) is 9.45. The molecule has 1 aliphatic rings. The molecule has 0 aliphatic heterocycles. The van der Waals surface area contributed by atoms with Crippen molar-refractivity contribution in [2.45, 2.75) is 38.8 Å². The molecule has 0 N–H and O–H groups in total. The van der Waals surface area contributed by atoms with Crippen LogP contribution in [0, 0.1) is 5.82 Å². The molecule has 0 aromatic heterocycles. The quantitative estimate of drug-likeness (QED) is 0.765. The number of rotatable bonds is 4. The lowest BCUT2D eigenvalue weighted by Crippen LogP contribution is -2.31. The van der Waals surface area contributed by atoms with Gasteiger partial charge in [0.15, 0.2) is 0 Å². The van der Waals surface area contributed by atoms with Crippen molar-refractivity contribution in [2.24, 2.45) is 0 Å². The molecule has 0 radical (unpaired) electrons. The summed E-state index contributed by atoms with van der Waals surface area (Å²) in [4.78, 5) is 13.6. The molecule has 86 valence electrons. The summed E-state index contributed by atoms with van der Waals surface area (Å²) in [5.74, 6) is -0.0460. The normalized spacial score (nSPS) is 14.9. The van der Waals surface area contributed by atoms with Gasteiger partial charge in [0.05, 0.1) is 0 Å². The van der Waals surface area contributed by atoms with Gasteiger partial charge in [-0.15, -0.1) is 0 Å². The minimum absolute atomic E-state index is 0.187. The predicted octanol–water partition coefficient (Wildman–Crippen LogP) is 2.73. The van der Waals surface area contributed by atoms with Crippen molar-refractivity contribution in [3.05, 3.63) is 35.6 Å². The Hall–Kier alpha value is -1.38. The SMILES string of the molecule is CCC(=O)N(Cc1ccc(F)cc1)C1CC1. The first kappa shape index (κ1) is 11.1. The van der Waals surface area contributed by atoms with Crippen molar-refractivity contribution in [3.63, 3.8) is 0 Å². The van der Waals surface area contributed by atoms with Crippen molar-refractivity contribution in [1.29, 1.82) is 0 Å². The maximum Gasteiger partial charge on any atom is 0.222 e. The summed E-state index contributed by atoms with van der Waals surface area (Å²) >= 11 is 0. The lowest BCUT2D eigenvalue weighted by atomic mass is 10.2. The fourth-order valence-electron chi connectivity index (χ4n) is 1.80. The van der Waals surface area contributed by atoms with Crippen molar-refractivity contribution in [1.82, 2.24) is 4.90 Å². The average molecular weight is 221 g/mol. The Morgan fingerprint density at radius 2 is 2.00 bits per heavy atom. The van der Waals surface area contributed by atoms with Crippen molar-refractivity contribution >= 4 is 5.91 Å². The van der Waals surface area contributed by atoms with Crippen LogP contribution in [0.15, 0.2) is 24.3 Å². The third-order valence-electron chi connectivity index (χ3n) is 2.88. The molecule has 1 amide bonds. The van der Waals surface area contributed by atoms with Crippen molar-refractivity contribution in [2.75, 3.05) is 0 Å². The third-order valence-corrected chi connectivity index (χ3v) is 2.88. The summed E-state index contributed by atoms with van der Waals surface area (Å²) in [6.45, 7) is 2.49. The Balaban J connectivity index is 2.05. The molecule has 2 nitrogen and oxygen atoms in total. The molecule has 1 aromatic rings. The Morgan fingerprint density at radius 3 is 2.50 bits per heavy atom. The monoisotopic (exact) mass is 221 g/mol. The van der Waals surface area contributed by atoms with Gasteiger partial charge < -0.3 is 4.90 Å². The van der Waals surface area contributed by atoms with Crippen LogP contribution >= 0.6 is 0 Å². The smallest absolute Gasteiger partial charge is 0.222 e. The Bertz CT molecular complexity index is 370. The van der Waals surface area contributed by atoms with Gasteiger partial charge in [0.25, 0.3) is 0 Å². The van der Waals surface area contributed by atoms with E-state index in [-0.39, 0.29) is 11.7 Å². The highest BCUT2D eigenvalue weighted by Crippen LogP contribution is 2.28. The summed E-state index contributed by atoms with van der Waals surface area (Å²) in [6, 6.07) is 6.78. The first-order chi connectivity index (χ1) is 7.70. The summed E-state index contributed by atoms with van der Waals surface area (Å²) in [6.07, 6.45) is 2.75. The number of hydrogen-bond donors (Lipinski definition) is 0. The Labute approximate surface area is 95.1 Å². The summed E-state index contributed by atoms with van der Waals surface area (Å²) in [7, 11) is 0. The van der Waals surface area contributed by atoms with E-state index in [1.54, 1.807) is 12.1 Å². The van der Waals surface area contributed by atoms with E-state index in [2.05, 4.69) is 0 Å². The number of nitrogens with zero attached hydrogens (tertiary/aromatic N) is 1. The fraction of sp³-hybridized carbons (Fsp3) is 0.462. The molecule has 1 fully saturated rings. The van der Waals surface area contributed by atoms with Crippen LogP contribution in [0.25, 0.3) is 0 Å². The topological polar surface area (TPSA) is 20.3 Å². The Kier molecular flexibility index (Phi) is 3.22. The first-order valence-electron chi connectivity index (χ1n) is 5.74. The number of halogens is 1. The first-order valence-corrected chi connectivity index (χ1v) is 5.74. The average Bonchev–Trinajstić information content (AvgIpc) is 3.11. The molecule has 3 heteroatoms. The zero-order valence-electron chi connectivity index (χ0n) is 9.45. The van der Waals surface area contributed by atoms with Crippen LogP contribution in [0.3, 0.4) is 0 Å². The van der Waals surface area contributed by atoms with E-state index < -0.39 is 0 Å². The molecule has 0 unspecified atom stereocenters. The molecule has 1 aromatic carbocycles. The number of carbonyl (C=O) groups is 1. The molecule has 16 heavy (non-hydrogen) atoms. The fourth-order valence-corrected chi connectivity index (χ4v) is 1.80. The van der Waals surface area contributed by atoms with Crippen LogP contribution in [0.2, 0.25) is 0 Å². The number of carbonyl (C=O) groups excluding carboxylic acids is 1. The second-order valence-corrected chi connectivity index (χ2v) is 4.23. The van der Waals surface area contributed by atoms with Gasteiger partial charge in [-0.05, 0) is 30.5 Å². The number of amides is 1. The minimum Gasteiger partial charge on any atom is -0.335 e. The maximum absolute atomic E-state index is 12.7. The van der Waals surface area contributed by atoms with Crippen LogP contribution in [0.4, 0.5) is 4.39 Å². The van der Waals surface area contributed by atoms with Crippen LogP contribution in [0.5, 0.6) is 0 Å². The van der Waals surface area contributed by atoms with E-state index in [9.17, 15) is 9.18 Å². The van der Waals surface area contributed by atoms with Crippen LogP contribution in [-0.2, 0) is 11.3 Å². The lowest BCUT2D eigenvalue weighted by molar-refractivity contribution is -0.132. The number of hydrogen-bond acceptors (Lipinski definition) is 1. The molecule has 2 rings (SSSR count). The lowest BCUT2D eigenvalue weighted by Gasteiger charge is -2.21.